The molecule has 0 aliphatic carbocycles. The third-order valence-electron chi connectivity index (χ3n) is 1.22. The topological polar surface area (TPSA) is 61.4 Å². The zero-order chi connectivity index (χ0) is 8.69. The normalized spacial score (nSPS) is 11.6. The molecular formula is C7H17ClN2O2. The second-order valence-corrected chi connectivity index (χ2v) is 2.52. The molecule has 0 saturated heterocycles. The second kappa shape index (κ2) is 8.77. The third-order valence-corrected chi connectivity index (χ3v) is 1.22. The molecule has 0 aliphatic rings. The number of hydrogen-bond donors (Lipinski definition) is 3. The van der Waals surface area contributed by atoms with Crippen molar-refractivity contribution in [2.24, 2.45) is 0 Å². The van der Waals surface area contributed by atoms with E-state index in [2.05, 4.69) is 10.6 Å². The number of carbonyl (C=O) groups is 1. The number of hydrogen-bond acceptors (Lipinski definition) is 3. The molecule has 5 heteroatoms. The maximum atomic E-state index is 10.8. The van der Waals surface area contributed by atoms with Crippen LogP contribution in [0.4, 0.5) is 0 Å². The van der Waals surface area contributed by atoms with E-state index >= 15 is 0 Å². The van der Waals surface area contributed by atoms with Crippen LogP contribution in [0.5, 0.6) is 0 Å². The smallest absolute Gasteiger partial charge is 0.233 e. The van der Waals surface area contributed by atoms with Gasteiger partial charge >= 0.3 is 0 Å². The molecule has 0 aromatic carbocycles. The first-order valence-corrected chi connectivity index (χ1v) is 3.76. The van der Waals surface area contributed by atoms with E-state index in [0.29, 0.717) is 19.5 Å². The van der Waals surface area contributed by atoms with Gasteiger partial charge in [-0.3, -0.25) is 4.79 Å². The van der Waals surface area contributed by atoms with E-state index in [-0.39, 0.29) is 24.4 Å². The number of nitrogens with one attached hydrogen (secondary N) is 2. The Morgan fingerprint density at radius 3 is 2.58 bits per heavy atom. The predicted octanol–water partition coefficient (Wildman–Crippen LogP) is -0.485. The molecule has 0 heterocycles. The monoisotopic (exact) mass is 196 g/mol. The van der Waals surface area contributed by atoms with E-state index in [1.807, 2.05) is 0 Å². The molecule has 0 bridgehead atoms. The summed E-state index contributed by atoms with van der Waals surface area (Å²) in [7, 11) is 1.72. The summed E-state index contributed by atoms with van der Waals surface area (Å²) in [4.78, 5) is 10.8. The first kappa shape index (κ1) is 14.2. The van der Waals surface area contributed by atoms with Crippen molar-refractivity contribution in [2.45, 2.75) is 19.4 Å². The molecule has 74 valence electrons. The summed E-state index contributed by atoms with van der Waals surface area (Å²) in [5.41, 5.74) is 0. The highest BCUT2D eigenvalue weighted by molar-refractivity contribution is 5.85. The quantitative estimate of drug-likeness (QED) is 0.557. The fourth-order valence-corrected chi connectivity index (χ4v) is 0.644. The van der Waals surface area contributed by atoms with E-state index in [4.69, 9.17) is 5.11 Å². The molecule has 0 fully saturated rings. The van der Waals surface area contributed by atoms with Crippen LogP contribution < -0.4 is 10.6 Å². The average Bonchev–Trinajstić information content (AvgIpc) is 1.87. The first-order valence-electron chi connectivity index (χ1n) is 3.76. The lowest BCUT2D eigenvalue weighted by Crippen LogP contribution is -2.33. The highest BCUT2D eigenvalue weighted by Crippen LogP contribution is 1.84. The number of carbonyl (C=O) groups excluding carboxylic acids is 1. The molecule has 12 heavy (non-hydrogen) atoms. The Morgan fingerprint density at radius 1 is 1.58 bits per heavy atom. The van der Waals surface area contributed by atoms with Crippen molar-refractivity contribution >= 4 is 18.3 Å². The fraction of sp³-hybridized carbons (Fsp3) is 0.857. The van der Waals surface area contributed by atoms with Gasteiger partial charge in [-0.15, -0.1) is 12.4 Å². The Kier molecular flexibility index (Phi) is 10.4. The molecule has 1 amide bonds. The molecule has 1 atom stereocenters. The van der Waals surface area contributed by atoms with E-state index in [1.165, 1.54) is 0 Å². The van der Waals surface area contributed by atoms with Crippen molar-refractivity contribution in [3.8, 4) is 0 Å². The number of rotatable bonds is 5. The number of likely N-dealkylation sites (N-methyl/N-ethyl adjacent to an activating group) is 1. The Hall–Kier alpha value is -0.320. The second-order valence-electron chi connectivity index (χ2n) is 2.52. The largest absolute Gasteiger partial charge is 0.393 e. The van der Waals surface area contributed by atoms with Gasteiger partial charge in [-0.25, -0.2) is 0 Å². The van der Waals surface area contributed by atoms with Crippen molar-refractivity contribution in [3.63, 3.8) is 0 Å². The molecule has 1 unspecified atom stereocenters. The molecule has 0 radical (unpaired) electrons. The van der Waals surface area contributed by atoms with E-state index in [1.54, 1.807) is 14.0 Å². The standard InChI is InChI=1S/C7H16N2O2.ClH/c1-6(10)3-4-9-7(11)5-8-2;/h6,8,10H,3-5H2,1-2H3,(H,9,11);1H. The van der Waals surface area contributed by atoms with Gasteiger partial charge in [-0.05, 0) is 20.4 Å². The van der Waals surface area contributed by atoms with Crippen molar-refractivity contribution in [2.75, 3.05) is 20.1 Å². The van der Waals surface area contributed by atoms with Gasteiger partial charge in [0.05, 0.1) is 12.6 Å². The summed E-state index contributed by atoms with van der Waals surface area (Å²) in [6.07, 6.45) is 0.264. The SMILES string of the molecule is CNCC(=O)NCCC(C)O.Cl. The van der Waals surface area contributed by atoms with Gasteiger partial charge in [0.25, 0.3) is 0 Å². The highest BCUT2D eigenvalue weighted by Gasteiger charge is 1.98. The van der Waals surface area contributed by atoms with Crippen molar-refractivity contribution < 1.29 is 9.90 Å². The van der Waals surface area contributed by atoms with Gasteiger partial charge in [-0.2, -0.15) is 0 Å². The van der Waals surface area contributed by atoms with Gasteiger partial charge in [0.1, 0.15) is 0 Å². The van der Waals surface area contributed by atoms with Crippen LogP contribution in [-0.2, 0) is 4.79 Å². The zero-order valence-electron chi connectivity index (χ0n) is 7.46. The number of aliphatic hydroxyl groups excluding tert-OH is 1. The number of halogens is 1. The maximum Gasteiger partial charge on any atom is 0.233 e. The minimum atomic E-state index is -0.343. The van der Waals surface area contributed by atoms with Crippen molar-refractivity contribution in [1.82, 2.24) is 10.6 Å². The van der Waals surface area contributed by atoms with E-state index < -0.39 is 0 Å². The van der Waals surface area contributed by atoms with Crippen LogP contribution in [0.15, 0.2) is 0 Å². The fourth-order valence-electron chi connectivity index (χ4n) is 0.644. The Labute approximate surface area is 79.1 Å². The van der Waals surface area contributed by atoms with Gasteiger partial charge < -0.3 is 15.7 Å². The Bertz CT molecular complexity index is 120. The van der Waals surface area contributed by atoms with Crippen LogP contribution in [0, 0.1) is 0 Å². The predicted molar refractivity (Wildman–Crippen MR) is 50.5 cm³/mol. The molecule has 0 rings (SSSR count). The third kappa shape index (κ3) is 9.68. The zero-order valence-corrected chi connectivity index (χ0v) is 8.28. The van der Waals surface area contributed by atoms with Crippen molar-refractivity contribution in [1.29, 1.82) is 0 Å². The number of aliphatic hydroxyl groups is 1. The van der Waals surface area contributed by atoms with Crippen LogP contribution in [-0.4, -0.2) is 37.3 Å². The Balaban J connectivity index is 0. The number of amides is 1. The van der Waals surface area contributed by atoms with E-state index in [9.17, 15) is 4.79 Å². The molecule has 0 aromatic rings. The maximum absolute atomic E-state index is 10.8. The average molecular weight is 197 g/mol. The highest BCUT2D eigenvalue weighted by atomic mass is 35.5. The van der Waals surface area contributed by atoms with Crippen LogP contribution in [0.3, 0.4) is 0 Å². The summed E-state index contributed by atoms with van der Waals surface area (Å²) >= 11 is 0. The lowest BCUT2D eigenvalue weighted by atomic mass is 10.3. The summed E-state index contributed by atoms with van der Waals surface area (Å²) in [6, 6.07) is 0. The first-order chi connectivity index (χ1) is 5.16. The summed E-state index contributed by atoms with van der Waals surface area (Å²) in [5, 5.41) is 14.2. The molecule has 3 N–H and O–H groups in total. The van der Waals surface area contributed by atoms with Gasteiger partial charge in [0.15, 0.2) is 0 Å². The minimum Gasteiger partial charge on any atom is -0.393 e. The summed E-state index contributed by atoms with van der Waals surface area (Å²) in [6.45, 7) is 2.57. The Morgan fingerprint density at radius 2 is 2.17 bits per heavy atom. The van der Waals surface area contributed by atoms with Gasteiger partial charge in [-0.1, -0.05) is 0 Å². The van der Waals surface area contributed by atoms with Crippen LogP contribution in [0.1, 0.15) is 13.3 Å². The van der Waals surface area contributed by atoms with Crippen LogP contribution in [0.25, 0.3) is 0 Å². The van der Waals surface area contributed by atoms with Gasteiger partial charge in [0.2, 0.25) is 5.91 Å². The van der Waals surface area contributed by atoms with E-state index in [0.717, 1.165) is 0 Å². The molecule has 0 spiro atoms. The molecular weight excluding hydrogens is 180 g/mol. The summed E-state index contributed by atoms with van der Waals surface area (Å²) < 4.78 is 0. The van der Waals surface area contributed by atoms with Gasteiger partial charge in [0, 0.05) is 6.54 Å². The molecule has 0 aliphatic heterocycles. The van der Waals surface area contributed by atoms with Crippen LogP contribution >= 0.6 is 12.4 Å². The summed E-state index contributed by atoms with van der Waals surface area (Å²) in [5.74, 6) is -0.0341. The lowest BCUT2D eigenvalue weighted by Gasteiger charge is -2.05. The molecule has 4 nitrogen and oxygen atoms in total. The molecule has 0 aromatic heterocycles. The van der Waals surface area contributed by atoms with Crippen molar-refractivity contribution in [3.05, 3.63) is 0 Å². The minimum absolute atomic E-state index is 0. The van der Waals surface area contributed by atoms with Crippen LogP contribution in [0.2, 0.25) is 0 Å². The molecule has 0 saturated carbocycles. The lowest BCUT2D eigenvalue weighted by molar-refractivity contribution is -0.120.